The van der Waals surface area contributed by atoms with Gasteiger partial charge in [-0.1, -0.05) is 29.2 Å². The van der Waals surface area contributed by atoms with E-state index in [-0.39, 0.29) is 5.78 Å². The van der Waals surface area contributed by atoms with E-state index in [0.29, 0.717) is 10.9 Å². The molecule has 5 nitrogen and oxygen atoms in total. The van der Waals surface area contributed by atoms with Crippen LogP contribution >= 0.6 is 23.1 Å². The van der Waals surface area contributed by atoms with Crippen molar-refractivity contribution in [2.75, 3.05) is 11.5 Å². The van der Waals surface area contributed by atoms with Gasteiger partial charge in [-0.15, -0.1) is 10.2 Å². The van der Waals surface area contributed by atoms with Gasteiger partial charge in [-0.3, -0.25) is 4.79 Å². The van der Waals surface area contributed by atoms with Crippen molar-refractivity contribution in [3.63, 3.8) is 0 Å². The molecule has 134 valence electrons. The average molecular weight is 385 g/mol. The monoisotopic (exact) mass is 384 g/mol. The maximum absolute atomic E-state index is 12.7. The number of thioether (sulfide) groups is 1. The first-order valence-electron chi connectivity index (χ1n) is 8.59. The third-order valence-corrected chi connectivity index (χ3v) is 6.71. The van der Waals surface area contributed by atoms with Crippen LogP contribution in [0.1, 0.15) is 39.3 Å². The highest BCUT2D eigenvalue weighted by molar-refractivity contribution is 8.01. The first kappa shape index (κ1) is 17.3. The summed E-state index contributed by atoms with van der Waals surface area (Å²) in [7, 11) is 0. The maximum atomic E-state index is 12.7. The lowest BCUT2D eigenvalue weighted by molar-refractivity contribution is 0.102. The lowest BCUT2D eigenvalue weighted by Gasteiger charge is -2.12. The number of fused-ring (bicyclic) bond motifs is 1. The van der Waals surface area contributed by atoms with Gasteiger partial charge in [0.25, 0.3) is 0 Å². The highest BCUT2D eigenvalue weighted by atomic mass is 32.2. The standard InChI is InChI=1S/C19H20N4OS2/c1-11-8-16(17(24)10-25-19-22-21-18(20)26-19)12(2)23(11)15-7-6-13-4-3-5-14(13)9-15/h6-9H,3-5,10H2,1-2H3,(H2,20,21). The van der Waals surface area contributed by atoms with E-state index in [9.17, 15) is 4.79 Å². The number of aryl methyl sites for hydroxylation is 3. The van der Waals surface area contributed by atoms with Gasteiger partial charge in [-0.05, 0) is 62.4 Å². The van der Waals surface area contributed by atoms with Crippen LogP contribution in [0.3, 0.4) is 0 Å². The number of anilines is 1. The van der Waals surface area contributed by atoms with Gasteiger partial charge in [-0.25, -0.2) is 0 Å². The van der Waals surface area contributed by atoms with Gasteiger partial charge in [0.1, 0.15) is 0 Å². The number of Topliss-reactive ketones (excluding diaryl/α,β-unsaturated/α-hetero) is 1. The zero-order valence-electron chi connectivity index (χ0n) is 14.8. The first-order chi connectivity index (χ1) is 12.5. The second-order valence-corrected chi connectivity index (χ2v) is 8.78. The molecule has 0 bridgehead atoms. The molecular formula is C19H20N4OS2. The summed E-state index contributed by atoms with van der Waals surface area (Å²) < 4.78 is 2.91. The summed E-state index contributed by atoms with van der Waals surface area (Å²) in [5.41, 5.74) is 12.5. The minimum atomic E-state index is 0.101. The lowest BCUT2D eigenvalue weighted by Crippen LogP contribution is -2.06. The van der Waals surface area contributed by atoms with Crippen molar-refractivity contribution in [3.8, 4) is 5.69 Å². The van der Waals surface area contributed by atoms with Crippen LogP contribution in [0.15, 0.2) is 28.6 Å². The Hall–Kier alpha value is -2.12. The number of nitrogen functional groups attached to an aromatic ring is 1. The van der Waals surface area contributed by atoms with Gasteiger partial charge in [0.15, 0.2) is 10.1 Å². The van der Waals surface area contributed by atoms with Gasteiger partial charge < -0.3 is 10.3 Å². The smallest absolute Gasteiger partial charge is 0.203 e. The van der Waals surface area contributed by atoms with E-state index in [0.717, 1.165) is 33.4 Å². The molecule has 1 aromatic carbocycles. The number of nitrogens with two attached hydrogens (primary N) is 1. The molecule has 4 rings (SSSR count). The van der Waals surface area contributed by atoms with Gasteiger partial charge >= 0.3 is 0 Å². The Balaban J connectivity index is 1.59. The quantitative estimate of drug-likeness (QED) is 0.532. The fraction of sp³-hybridized carbons (Fsp3) is 0.316. The van der Waals surface area contributed by atoms with Gasteiger partial charge in [-0.2, -0.15) is 0 Å². The number of carbonyl (C=O) groups excluding carboxylic acids is 1. The number of carbonyl (C=O) groups is 1. The second-order valence-electron chi connectivity index (χ2n) is 6.54. The molecule has 0 spiro atoms. The average Bonchev–Trinajstić information content (AvgIpc) is 3.31. The number of hydrogen-bond donors (Lipinski definition) is 1. The summed E-state index contributed by atoms with van der Waals surface area (Å²) in [6, 6.07) is 8.65. The normalized spacial score (nSPS) is 13.2. The number of nitrogens with zero attached hydrogens (tertiary/aromatic N) is 3. The zero-order valence-corrected chi connectivity index (χ0v) is 16.4. The van der Waals surface area contributed by atoms with E-state index in [2.05, 4.69) is 39.9 Å². The molecule has 0 saturated carbocycles. The minimum absolute atomic E-state index is 0.101. The number of benzene rings is 1. The van der Waals surface area contributed by atoms with Crippen molar-refractivity contribution >= 4 is 34.0 Å². The van der Waals surface area contributed by atoms with Crippen molar-refractivity contribution < 1.29 is 4.79 Å². The van der Waals surface area contributed by atoms with Crippen molar-refractivity contribution in [2.45, 2.75) is 37.4 Å². The van der Waals surface area contributed by atoms with Gasteiger partial charge in [0, 0.05) is 22.6 Å². The molecule has 0 fully saturated rings. The van der Waals surface area contributed by atoms with Crippen LogP contribution < -0.4 is 5.73 Å². The Kier molecular flexibility index (Phi) is 4.58. The molecular weight excluding hydrogens is 364 g/mol. The first-order valence-corrected chi connectivity index (χ1v) is 10.4. The molecule has 2 aromatic heterocycles. The van der Waals surface area contributed by atoms with Crippen LogP contribution in [-0.2, 0) is 12.8 Å². The summed E-state index contributed by atoms with van der Waals surface area (Å²) in [5, 5.41) is 8.16. The van der Waals surface area contributed by atoms with Crippen LogP contribution in [0.25, 0.3) is 5.69 Å². The molecule has 2 N–H and O–H groups in total. The molecule has 3 aromatic rings. The highest BCUT2D eigenvalue weighted by Crippen LogP contribution is 2.29. The molecule has 0 saturated heterocycles. The Bertz CT molecular complexity index is 990. The molecule has 26 heavy (non-hydrogen) atoms. The van der Waals surface area contributed by atoms with Crippen LogP contribution in [0.4, 0.5) is 5.13 Å². The van der Waals surface area contributed by atoms with Crippen LogP contribution in [-0.4, -0.2) is 26.3 Å². The summed E-state index contributed by atoms with van der Waals surface area (Å²) in [5.74, 6) is 0.438. The Labute approximate surface area is 160 Å². The van der Waals surface area contributed by atoms with E-state index in [1.165, 1.54) is 47.1 Å². The fourth-order valence-electron chi connectivity index (χ4n) is 3.62. The number of ketones is 1. The van der Waals surface area contributed by atoms with Crippen LogP contribution in [0, 0.1) is 13.8 Å². The van der Waals surface area contributed by atoms with Crippen LogP contribution in [0.2, 0.25) is 0 Å². The molecule has 2 heterocycles. The fourth-order valence-corrected chi connectivity index (χ4v) is 5.14. The lowest BCUT2D eigenvalue weighted by atomic mass is 10.1. The molecule has 0 amide bonds. The van der Waals surface area contributed by atoms with Gasteiger partial charge in [0.2, 0.25) is 5.13 Å². The predicted molar refractivity (Wildman–Crippen MR) is 107 cm³/mol. The molecule has 0 radical (unpaired) electrons. The molecule has 0 unspecified atom stereocenters. The largest absolute Gasteiger partial charge is 0.374 e. The van der Waals surface area contributed by atoms with Crippen LogP contribution in [0.5, 0.6) is 0 Å². The van der Waals surface area contributed by atoms with E-state index in [1.54, 1.807) is 0 Å². The van der Waals surface area contributed by atoms with E-state index in [4.69, 9.17) is 5.73 Å². The summed E-state index contributed by atoms with van der Waals surface area (Å²) in [6.07, 6.45) is 3.56. The SMILES string of the molecule is Cc1cc(C(=O)CSc2nnc(N)s2)c(C)n1-c1ccc2c(c1)CCC2. The molecule has 0 aliphatic heterocycles. The van der Waals surface area contributed by atoms with Crippen molar-refractivity contribution in [2.24, 2.45) is 0 Å². The Morgan fingerprint density at radius 1 is 1.23 bits per heavy atom. The Morgan fingerprint density at radius 2 is 2.04 bits per heavy atom. The second kappa shape index (κ2) is 6.89. The third kappa shape index (κ3) is 3.17. The Morgan fingerprint density at radius 3 is 2.81 bits per heavy atom. The summed E-state index contributed by atoms with van der Waals surface area (Å²) in [6.45, 7) is 4.07. The molecule has 0 atom stereocenters. The molecule has 7 heteroatoms. The van der Waals surface area contributed by atoms with E-state index in [1.807, 2.05) is 13.0 Å². The molecule has 1 aliphatic carbocycles. The zero-order chi connectivity index (χ0) is 18.3. The van der Waals surface area contributed by atoms with E-state index >= 15 is 0 Å². The van der Waals surface area contributed by atoms with Crippen molar-refractivity contribution in [1.29, 1.82) is 0 Å². The minimum Gasteiger partial charge on any atom is -0.374 e. The molecule has 1 aliphatic rings. The van der Waals surface area contributed by atoms with E-state index < -0.39 is 0 Å². The highest BCUT2D eigenvalue weighted by Gasteiger charge is 2.19. The summed E-state index contributed by atoms with van der Waals surface area (Å²) in [4.78, 5) is 12.7. The third-order valence-electron chi connectivity index (χ3n) is 4.82. The predicted octanol–water partition coefficient (Wildman–Crippen LogP) is 3.99. The van der Waals surface area contributed by atoms with Crippen molar-refractivity contribution in [3.05, 3.63) is 52.3 Å². The number of rotatable bonds is 5. The van der Waals surface area contributed by atoms with Gasteiger partial charge in [0.05, 0.1) is 5.75 Å². The summed E-state index contributed by atoms with van der Waals surface area (Å²) >= 11 is 2.69. The maximum Gasteiger partial charge on any atom is 0.203 e. The number of aromatic nitrogens is 3. The van der Waals surface area contributed by atoms with Crippen molar-refractivity contribution in [1.82, 2.24) is 14.8 Å². The number of hydrogen-bond acceptors (Lipinski definition) is 6. The topological polar surface area (TPSA) is 73.8 Å².